The summed E-state index contributed by atoms with van der Waals surface area (Å²) in [6, 6.07) is 0. The zero-order valence-corrected chi connectivity index (χ0v) is 7.80. The molecule has 4 nitrogen and oxygen atoms in total. The summed E-state index contributed by atoms with van der Waals surface area (Å²) in [5, 5.41) is 6.80. The van der Waals surface area contributed by atoms with Crippen LogP contribution in [0.5, 0.6) is 0 Å². The zero-order chi connectivity index (χ0) is 9.31. The van der Waals surface area contributed by atoms with Gasteiger partial charge in [-0.3, -0.25) is 4.79 Å². The smallest absolute Gasteiger partial charge is 0.220 e. The molecule has 1 N–H and O–H groups in total. The number of amides is 1. The van der Waals surface area contributed by atoms with Crippen LogP contribution in [0.25, 0.3) is 0 Å². The molecule has 2 rings (SSSR count). The highest BCUT2D eigenvalue weighted by atomic mass is 16.7. The minimum absolute atomic E-state index is 0.130. The van der Waals surface area contributed by atoms with Gasteiger partial charge in [0.15, 0.2) is 0 Å². The Morgan fingerprint density at radius 2 is 2.38 bits per heavy atom. The highest BCUT2D eigenvalue weighted by Crippen LogP contribution is 2.33. The van der Waals surface area contributed by atoms with E-state index in [2.05, 4.69) is 10.5 Å². The standard InChI is InChI=1S/C9H14N2O2/c1-7-6-9(13-11-7)3-2-8(12)10-5-4-9/h2-6H2,1H3,(H,10,12). The number of nitrogens with zero attached hydrogens (tertiary/aromatic N) is 1. The van der Waals surface area contributed by atoms with Crippen LogP contribution < -0.4 is 5.32 Å². The Balaban J connectivity index is 2.04. The van der Waals surface area contributed by atoms with E-state index in [1.165, 1.54) is 0 Å². The molecule has 0 aliphatic carbocycles. The van der Waals surface area contributed by atoms with Gasteiger partial charge in [-0.15, -0.1) is 0 Å². The minimum atomic E-state index is -0.177. The molecule has 2 heterocycles. The van der Waals surface area contributed by atoms with Crippen molar-refractivity contribution in [1.29, 1.82) is 0 Å². The molecule has 4 heteroatoms. The van der Waals surface area contributed by atoms with E-state index in [0.29, 0.717) is 13.0 Å². The first-order chi connectivity index (χ1) is 6.20. The maximum absolute atomic E-state index is 11.1. The summed E-state index contributed by atoms with van der Waals surface area (Å²) in [5.74, 6) is 0.130. The summed E-state index contributed by atoms with van der Waals surface area (Å²) in [5.41, 5.74) is 0.859. The molecule has 0 saturated carbocycles. The normalized spacial score (nSPS) is 33.6. The van der Waals surface area contributed by atoms with Crippen molar-refractivity contribution in [3.05, 3.63) is 0 Å². The lowest BCUT2D eigenvalue weighted by Gasteiger charge is -2.23. The molecule has 1 unspecified atom stereocenters. The molecule has 1 fully saturated rings. The fraction of sp³-hybridized carbons (Fsp3) is 0.778. The minimum Gasteiger partial charge on any atom is -0.389 e. The summed E-state index contributed by atoms with van der Waals surface area (Å²) in [7, 11) is 0. The van der Waals surface area contributed by atoms with Crippen LogP contribution in [0.15, 0.2) is 5.16 Å². The second-order valence-electron chi connectivity index (χ2n) is 3.88. The fourth-order valence-electron chi connectivity index (χ4n) is 1.96. The molecule has 1 amide bonds. The van der Waals surface area contributed by atoms with E-state index in [9.17, 15) is 4.79 Å². The van der Waals surface area contributed by atoms with Crippen molar-refractivity contribution in [3.63, 3.8) is 0 Å². The van der Waals surface area contributed by atoms with Crippen molar-refractivity contribution < 1.29 is 9.63 Å². The highest BCUT2D eigenvalue weighted by molar-refractivity contribution is 5.84. The number of carbonyl (C=O) groups excluding carboxylic acids is 1. The molecule has 2 aliphatic rings. The molecular weight excluding hydrogens is 168 g/mol. The maximum Gasteiger partial charge on any atom is 0.220 e. The first-order valence-corrected chi connectivity index (χ1v) is 4.69. The van der Waals surface area contributed by atoms with E-state index in [1.54, 1.807) is 0 Å². The van der Waals surface area contributed by atoms with Gasteiger partial charge in [0.05, 0.1) is 5.71 Å². The van der Waals surface area contributed by atoms with Crippen molar-refractivity contribution in [1.82, 2.24) is 5.32 Å². The summed E-state index contributed by atoms with van der Waals surface area (Å²) >= 11 is 0. The summed E-state index contributed by atoms with van der Waals surface area (Å²) < 4.78 is 0. The average molecular weight is 182 g/mol. The summed E-state index contributed by atoms with van der Waals surface area (Å²) in [6.45, 7) is 2.68. The van der Waals surface area contributed by atoms with Crippen molar-refractivity contribution in [2.24, 2.45) is 5.16 Å². The summed E-state index contributed by atoms with van der Waals surface area (Å²) in [6.07, 6.45) is 3.10. The van der Waals surface area contributed by atoms with Crippen LogP contribution >= 0.6 is 0 Å². The van der Waals surface area contributed by atoms with Crippen LogP contribution in [0, 0.1) is 0 Å². The number of hydrogen-bond acceptors (Lipinski definition) is 3. The van der Waals surface area contributed by atoms with Gasteiger partial charge in [0, 0.05) is 25.8 Å². The van der Waals surface area contributed by atoms with E-state index in [4.69, 9.17) is 4.84 Å². The van der Waals surface area contributed by atoms with Gasteiger partial charge in [0.25, 0.3) is 0 Å². The van der Waals surface area contributed by atoms with Crippen molar-refractivity contribution in [2.75, 3.05) is 6.54 Å². The molecule has 1 spiro atoms. The van der Waals surface area contributed by atoms with E-state index in [0.717, 1.165) is 25.0 Å². The Labute approximate surface area is 77.3 Å². The molecule has 0 aromatic rings. The van der Waals surface area contributed by atoms with Gasteiger partial charge in [0.1, 0.15) is 5.60 Å². The molecule has 1 saturated heterocycles. The van der Waals surface area contributed by atoms with Crippen LogP contribution in [0.4, 0.5) is 0 Å². The van der Waals surface area contributed by atoms with Crippen molar-refractivity contribution in [2.45, 2.75) is 38.2 Å². The largest absolute Gasteiger partial charge is 0.389 e. The average Bonchev–Trinajstić information content (AvgIpc) is 2.35. The molecule has 2 aliphatic heterocycles. The molecule has 0 aromatic carbocycles. The Hall–Kier alpha value is -1.06. The Bertz CT molecular complexity index is 262. The van der Waals surface area contributed by atoms with Gasteiger partial charge < -0.3 is 10.2 Å². The van der Waals surface area contributed by atoms with Crippen LogP contribution in [0.1, 0.15) is 32.6 Å². The van der Waals surface area contributed by atoms with E-state index < -0.39 is 0 Å². The van der Waals surface area contributed by atoms with E-state index in [1.807, 2.05) is 6.92 Å². The molecule has 0 aromatic heterocycles. The van der Waals surface area contributed by atoms with Gasteiger partial charge in [-0.1, -0.05) is 5.16 Å². The van der Waals surface area contributed by atoms with Crippen LogP contribution in [-0.4, -0.2) is 23.8 Å². The lowest BCUT2D eigenvalue weighted by molar-refractivity contribution is -0.121. The highest BCUT2D eigenvalue weighted by Gasteiger charge is 2.39. The third-order valence-corrected chi connectivity index (χ3v) is 2.68. The van der Waals surface area contributed by atoms with Crippen LogP contribution in [0.2, 0.25) is 0 Å². The molecule has 13 heavy (non-hydrogen) atoms. The number of carbonyl (C=O) groups is 1. The molecule has 0 bridgehead atoms. The first kappa shape index (κ1) is 8.53. The maximum atomic E-state index is 11.1. The Morgan fingerprint density at radius 1 is 1.54 bits per heavy atom. The Morgan fingerprint density at radius 3 is 3.08 bits per heavy atom. The predicted molar refractivity (Wildman–Crippen MR) is 48.4 cm³/mol. The molecule has 72 valence electrons. The zero-order valence-electron chi connectivity index (χ0n) is 7.80. The van der Waals surface area contributed by atoms with Gasteiger partial charge in [0.2, 0.25) is 5.91 Å². The third kappa shape index (κ3) is 1.66. The first-order valence-electron chi connectivity index (χ1n) is 4.69. The van der Waals surface area contributed by atoms with Gasteiger partial charge in [-0.05, 0) is 13.3 Å². The monoisotopic (exact) mass is 182 g/mol. The van der Waals surface area contributed by atoms with Crippen molar-refractivity contribution >= 4 is 11.6 Å². The SMILES string of the molecule is CC1=NOC2(CCNC(=O)CC2)C1. The second kappa shape index (κ2) is 3.01. The van der Waals surface area contributed by atoms with Crippen LogP contribution in [-0.2, 0) is 9.63 Å². The fourth-order valence-corrected chi connectivity index (χ4v) is 1.96. The lowest BCUT2D eigenvalue weighted by atomic mass is 9.90. The predicted octanol–water partition coefficient (Wildman–Crippen LogP) is 0.821. The topological polar surface area (TPSA) is 50.7 Å². The number of nitrogens with one attached hydrogen (secondary N) is 1. The van der Waals surface area contributed by atoms with Gasteiger partial charge in [-0.25, -0.2) is 0 Å². The molecular formula is C9H14N2O2. The van der Waals surface area contributed by atoms with Crippen LogP contribution in [0.3, 0.4) is 0 Å². The van der Waals surface area contributed by atoms with Gasteiger partial charge in [-0.2, -0.15) is 0 Å². The number of hydrogen-bond donors (Lipinski definition) is 1. The third-order valence-electron chi connectivity index (χ3n) is 2.68. The summed E-state index contributed by atoms with van der Waals surface area (Å²) in [4.78, 5) is 16.5. The van der Waals surface area contributed by atoms with Crippen molar-refractivity contribution in [3.8, 4) is 0 Å². The number of rotatable bonds is 0. The van der Waals surface area contributed by atoms with E-state index in [-0.39, 0.29) is 11.5 Å². The van der Waals surface area contributed by atoms with E-state index >= 15 is 0 Å². The second-order valence-corrected chi connectivity index (χ2v) is 3.88. The quantitative estimate of drug-likeness (QED) is 0.603. The lowest BCUT2D eigenvalue weighted by Crippen LogP contribution is -2.30. The van der Waals surface area contributed by atoms with Gasteiger partial charge >= 0.3 is 0 Å². The molecule has 1 atom stereocenters. The molecule has 0 radical (unpaired) electrons. The Kier molecular flexibility index (Phi) is 1.98. The number of oxime groups is 1.